The van der Waals surface area contributed by atoms with Crippen molar-refractivity contribution in [3.63, 3.8) is 0 Å². The molecule has 122 valence electrons. The van der Waals surface area contributed by atoms with Gasteiger partial charge in [-0.3, -0.25) is 4.79 Å². The molecule has 0 bridgehead atoms. The van der Waals surface area contributed by atoms with Gasteiger partial charge in [0.2, 0.25) is 5.91 Å². The van der Waals surface area contributed by atoms with Crippen molar-refractivity contribution in [1.82, 2.24) is 5.32 Å². The van der Waals surface area contributed by atoms with Crippen LogP contribution >= 0.6 is 35.0 Å². The highest BCUT2D eigenvalue weighted by atomic mass is 35.5. The third kappa shape index (κ3) is 5.05. The zero-order valence-electron chi connectivity index (χ0n) is 12.0. The van der Waals surface area contributed by atoms with Gasteiger partial charge in [0.25, 0.3) is 0 Å². The predicted octanol–water partition coefficient (Wildman–Crippen LogP) is 2.92. The largest absolute Gasteiger partial charge is 0.351 e. The lowest BCUT2D eigenvalue weighted by atomic mass is 10.2. The molecule has 8 heteroatoms. The molecule has 1 aromatic carbocycles. The van der Waals surface area contributed by atoms with E-state index in [4.69, 9.17) is 23.2 Å². The summed E-state index contributed by atoms with van der Waals surface area (Å²) in [7, 11) is -2.98. The van der Waals surface area contributed by atoms with Crippen LogP contribution in [0.25, 0.3) is 0 Å². The predicted molar refractivity (Wildman–Crippen MR) is 92.4 cm³/mol. The quantitative estimate of drug-likeness (QED) is 0.851. The monoisotopic (exact) mass is 381 g/mol. The van der Waals surface area contributed by atoms with Crippen LogP contribution in [0.5, 0.6) is 0 Å². The Morgan fingerprint density at radius 2 is 2.14 bits per heavy atom. The number of benzene rings is 1. The number of sulfone groups is 1. The summed E-state index contributed by atoms with van der Waals surface area (Å²) in [5.41, 5.74) is 0.988. The van der Waals surface area contributed by atoms with Gasteiger partial charge < -0.3 is 5.32 Å². The van der Waals surface area contributed by atoms with E-state index in [2.05, 4.69) is 5.32 Å². The van der Waals surface area contributed by atoms with Crippen LogP contribution in [-0.4, -0.2) is 37.1 Å². The van der Waals surface area contributed by atoms with Crippen molar-refractivity contribution in [2.75, 3.05) is 11.5 Å². The lowest BCUT2D eigenvalue weighted by molar-refractivity contribution is -0.120. The van der Waals surface area contributed by atoms with Crippen molar-refractivity contribution in [2.45, 2.75) is 30.4 Å². The first-order valence-corrected chi connectivity index (χ1v) is 10.5. The van der Waals surface area contributed by atoms with E-state index < -0.39 is 9.84 Å². The van der Waals surface area contributed by atoms with Gasteiger partial charge in [-0.15, -0.1) is 11.8 Å². The first kappa shape index (κ1) is 17.9. The summed E-state index contributed by atoms with van der Waals surface area (Å²) < 4.78 is 22.8. The Morgan fingerprint density at radius 1 is 1.41 bits per heavy atom. The van der Waals surface area contributed by atoms with E-state index in [1.807, 2.05) is 6.07 Å². The minimum absolute atomic E-state index is 0.0446. The molecule has 1 aliphatic rings. The summed E-state index contributed by atoms with van der Waals surface area (Å²) in [4.78, 5) is 12.1. The van der Waals surface area contributed by atoms with Gasteiger partial charge >= 0.3 is 0 Å². The molecule has 1 fully saturated rings. The summed E-state index contributed by atoms with van der Waals surface area (Å²) >= 11 is 13.3. The Balaban J connectivity index is 1.82. The van der Waals surface area contributed by atoms with Crippen LogP contribution in [0.4, 0.5) is 0 Å². The Labute approximate surface area is 144 Å². The van der Waals surface area contributed by atoms with Crippen molar-refractivity contribution in [3.05, 3.63) is 33.8 Å². The zero-order valence-corrected chi connectivity index (χ0v) is 15.2. The molecule has 0 spiro atoms. The van der Waals surface area contributed by atoms with Crippen LogP contribution in [0.3, 0.4) is 0 Å². The number of carbonyl (C=O) groups excluding carboxylic acids is 1. The maximum atomic E-state index is 12.1. The Kier molecular flexibility index (Phi) is 6.05. The molecule has 1 heterocycles. The fraction of sp³-hybridized carbons (Fsp3) is 0.500. The summed E-state index contributed by atoms with van der Waals surface area (Å²) in [6.45, 7) is 1.81. The van der Waals surface area contributed by atoms with Crippen LogP contribution in [0.1, 0.15) is 18.9 Å². The Hall–Kier alpha value is -0.430. The molecular weight excluding hydrogens is 365 g/mol. The number of hydrogen-bond donors (Lipinski definition) is 1. The first-order valence-electron chi connectivity index (χ1n) is 6.83. The molecule has 0 aromatic heterocycles. The average Bonchev–Trinajstić information content (AvgIpc) is 2.78. The van der Waals surface area contributed by atoms with Gasteiger partial charge in [-0.1, -0.05) is 29.3 Å². The molecule has 1 saturated heterocycles. The maximum absolute atomic E-state index is 12.1. The molecule has 0 unspecified atom stereocenters. The Morgan fingerprint density at radius 3 is 2.73 bits per heavy atom. The van der Waals surface area contributed by atoms with Crippen molar-refractivity contribution in [2.24, 2.45) is 0 Å². The van der Waals surface area contributed by atoms with Gasteiger partial charge in [0.1, 0.15) is 0 Å². The van der Waals surface area contributed by atoms with Crippen molar-refractivity contribution in [1.29, 1.82) is 0 Å². The second kappa shape index (κ2) is 7.43. The number of thioether (sulfide) groups is 1. The molecule has 1 aliphatic heterocycles. The number of halogens is 2. The molecule has 2 atom stereocenters. The molecule has 2 rings (SSSR count). The number of carbonyl (C=O) groups is 1. The Bertz CT molecular complexity index is 664. The highest BCUT2D eigenvalue weighted by Gasteiger charge is 2.29. The number of rotatable bonds is 5. The molecule has 1 amide bonds. The van der Waals surface area contributed by atoms with Crippen molar-refractivity contribution >= 4 is 50.7 Å². The third-order valence-corrected chi connectivity index (χ3v) is 7.15. The second-order valence-electron chi connectivity index (χ2n) is 5.31. The van der Waals surface area contributed by atoms with E-state index in [0.717, 1.165) is 5.56 Å². The van der Waals surface area contributed by atoms with E-state index in [1.165, 1.54) is 11.8 Å². The van der Waals surface area contributed by atoms with Crippen molar-refractivity contribution in [3.8, 4) is 0 Å². The number of amides is 1. The van der Waals surface area contributed by atoms with Gasteiger partial charge in [-0.2, -0.15) is 0 Å². The van der Waals surface area contributed by atoms with Gasteiger partial charge in [0, 0.05) is 11.8 Å². The topological polar surface area (TPSA) is 63.2 Å². The lowest BCUT2D eigenvalue weighted by Crippen LogP contribution is -2.40. The second-order valence-corrected chi connectivity index (χ2v) is 9.68. The van der Waals surface area contributed by atoms with E-state index in [-0.39, 0.29) is 28.7 Å². The number of nitrogens with one attached hydrogen (secondary N) is 1. The van der Waals surface area contributed by atoms with Gasteiger partial charge in [-0.25, -0.2) is 8.42 Å². The average molecular weight is 382 g/mol. The summed E-state index contributed by atoms with van der Waals surface area (Å²) in [6.07, 6.45) is 0.498. The van der Waals surface area contributed by atoms with Crippen LogP contribution in [0.15, 0.2) is 18.2 Å². The molecule has 4 nitrogen and oxygen atoms in total. The summed E-state index contributed by atoms with van der Waals surface area (Å²) in [5.74, 6) is 0.701. The van der Waals surface area contributed by atoms with E-state index in [9.17, 15) is 13.2 Å². The molecule has 22 heavy (non-hydrogen) atoms. The standard InChI is InChI=1S/C14H17Cl2NO3S2/c1-9(14(18)17-11-4-5-22(19,20)8-11)21-7-10-2-3-12(15)13(16)6-10/h2-3,6,9,11H,4-5,7-8H2,1H3,(H,17,18)/t9-,11-/m0/s1. The van der Waals surface area contributed by atoms with Crippen molar-refractivity contribution < 1.29 is 13.2 Å². The van der Waals surface area contributed by atoms with Gasteiger partial charge in [0.05, 0.1) is 26.8 Å². The first-order chi connectivity index (χ1) is 10.3. The molecule has 0 radical (unpaired) electrons. The highest BCUT2D eigenvalue weighted by molar-refractivity contribution is 7.99. The van der Waals surface area contributed by atoms with E-state index >= 15 is 0 Å². The SMILES string of the molecule is C[C@H](SCc1ccc(Cl)c(Cl)c1)C(=O)N[C@H]1CCS(=O)(=O)C1. The molecule has 0 saturated carbocycles. The van der Waals surface area contributed by atoms with Crippen LogP contribution in [0, 0.1) is 0 Å². The van der Waals surface area contributed by atoms with Crippen LogP contribution < -0.4 is 5.32 Å². The highest BCUT2D eigenvalue weighted by Crippen LogP contribution is 2.26. The zero-order chi connectivity index (χ0) is 16.3. The fourth-order valence-electron chi connectivity index (χ4n) is 2.15. The lowest BCUT2D eigenvalue weighted by Gasteiger charge is -2.15. The van der Waals surface area contributed by atoms with E-state index in [0.29, 0.717) is 22.2 Å². The smallest absolute Gasteiger partial charge is 0.233 e. The maximum Gasteiger partial charge on any atom is 0.233 e. The van der Waals surface area contributed by atoms with Crippen LogP contribution in [-0.2, 0) is 20.4 Å². The normalized spacial score (nSPS) is 21.5. The number of hydrogen-bond acceptors (Lipinski definition) is 4. The molecule has 1 N–H and O–H groups in total. The summed E-state index contributed by atoms with van der Waals surface area (Å²) in [5, 5.41) is 3.54. The molecule has 0 aliphatic carbocycles. The van der Waals surface area contributed by atoms with E-state index in [1.54, 1.807) is 19.1 Å². The molecular formula is C14H17Cl2NO3S2. The minimum Gasteiger partial charge on any atom is -0.351 e. The van der Waals surface area contributed by atoms with Gasteiger partial charge in [0.15, 0.2) is 9.84 Å². The minimum atomic E-state index is -2.98. The van der Waals surface area contributed by atoms with Crippen LogP contribution in [0.2, 0.25) is 10.0 Å². The van der Waals surface area contributed by atoms with Gasteiger partial charge in [-0.05, 0) is 31.0 Å². The fourth-order valence-corrected chi connectivity index (χ4v) is 4.99. The third-order valence-electron chi connectivity index (χ3n) is 3.43. The molecule has 1 aromatic rings. The summed E-state index contributed by atoms with van der Waals surface area (Å²) in [6, 6.07) is 5.12.